The molecule has 194 valence electrons. The highest BCUT2D eigenvalue weighted by molar-refractivity contribution is 5.95. The zero-order valence-electron chi connectivity index (χ0n) is 22.2. The average molecular weight is 499 g/mol. The van der Waals surface area contributed by atoms with E-state index >= 15 is 0 Å². The van der Waals surface area contributed by atoms with E-state index in [4.69, 9.17) is 5.73 Å². The summed E-state index contributed by atoms with van der Waals surface area (Å²) in [5.74, 6) is -0.391. The van der Waals surface area contributed by atoms with E-state index in [2.05, 4.69) is 41.0 Å². The Kier molecular flexibility index (Phi) is 8.62. The monoisotopic (exact) mass is 498 g/mol. The lowest BCUT2D eigenvalue weighted by molar-refractivity contribution is 0.0772. The van der Waals surface area contributed by atoms with Crippen LogP contribution in [0.15, 0.2) is 72.8 Å². The number of hydrogen-bond donors (Lipinski definition) is 1. The lowest BCUT2D eigenvalue weighted by Gasteiger charge is -2.40. The summed E-state index contributed by atoms with van der Waals surface area (Å²) in [4.78, 5) is 31.4. The van der Waals surface area contributed by atoms with Crippen molar-refractivity contribution < 1.29 is 9.59 Å². The number of carbonyl (C=O) groups is 2. The molecule has 0 saturated carbocycles. The van der Waals surface area contributed by atoms with Crippen molar-refractivity contribution in [2.45, 2.75) is 46.2 Å². The lowest BCUT2D eigenvalue weighted by Crippen LogP contribution is -2.43. The van der Waals surface area contributed by atoms with Crippen molar-refractivity contribution in [2.75, 3.05) is 31.1 Å². The van der Waals surface area contributed by atoms with Gasteiger partial charge in [-0.25, -0.2) is 0 Å². The van der Waals surface area contributed by atoms with Gasteiger partial charge in [0.25, 0.3) is 5.91 Å². The minimum Gasteiger partial charge on any atom is -0.366 e. The van der Waals surface area contributed by atoms with Crippen LogP contribution in [0.1, 0.15) is 58.5 Å². The Morgan fingerprint density at radius 2 is 1.51 bits per heavy atom. The molecule has 1 heterocycles. The first kappa shape index (κ1) is 26.4. The molecule has 2 amide bonds. The van der Waals surface area contributed by atoms with Gasteiger partial charge in [-0.3, -0.25) is 14.5 Å². The third kappa shape index (κ3) is 6.38. The van der Waals surface area contributed by atoms with E-state index in [1.54, 1.807) is 6.07 Å². The Morgan fingerprint density at radius 3 is 2.11 bits per heavy atom. The molecule has 6 heteroatoms. The smallest absolute Gasteiger partial charge is 0.253 e. The normalized spacial score (nSPS) is 14.4. The fourth-order valence-electron chi connectivity index (χ4n) is 5.13. The highest BCUT2D eigenvalue weighted by Crippen LogP contribution is 2.33. The number of carbonyl (C=O) groups excluding carboxylic acids is 2. The second kappa shape index (κ2) is 12.1. The molecule has 0 unspecified atom stereocenters. The maximum Gasteiger partial charge on any atom is 0.253 e. The van der Waals surface area contributed by atoms with Crippen molar-refractivity contribution in [2.24, 2.45) is 5.73 Å². The van der Waals surface area contributed by atoms with Crippen LogP contribution < -0.4 is 10.6 Å². The fourth-order valence-corrected chi connectivity index (χ4v) is 5.13. The van der Waals surface area contributed by atoms with Crippen molar-refractivity contribution in [3.05, 3.63) is 95.1 Å². The highest BCUT2D eigenvalue weighted by atomic mass is 16.2. The van der Waals surface area contributed by atoms with Gasteiger partial charge in [-0.15, -0.1) is 0 Å². The summed E-state index contributed by atoms with van der Waals surface area (Å²) < 4.78 is 0. The minimum atomic E-state index is -0.435. The molecule has 1 aliphatic heterocycles. The largest absolute Gasteiger partial charge is 0.366 e. The van der Waals surface area contributed by atoms with Crippen molar-refractivity contribution in [3.8, 4) is 0 Å². The van der Waals surface area contributed by atoms with Crippen LogP contribution in [0.2, 0.25) is 0 Å². The first-order chi connectivity index (χ1) is 17.9. The molecule has 2 N–H and O–H groups in total. The number of benzene rings is 3. The summed E-state index contributed by atoms with van der Waals surface area (Å²) in [6, 6.07) is 24.4. The predicted molar refractivity (Wildman–Crippen MR) is 150 cm³/mol. The van der Waals surface area contributed by atoms with Gasteiger partial charge in [-0.2, -0.15) is 0 Å². The first-order valence-electron chi connectivity index (χ1n) is 13.3. The molecule has 3 aromatic carbocycles. The fraction of sp³-hybridized carbons (Fsp3) is 0.355. The van der Waals surface area contributed by atoms with Gasteiger partial charge < -0.3 is 15.5 Å². The van der Waals surface area contributed by atoms with Crippen LogP contribution >= 0.6 is 0 Å². The molecule has 1 aliphatic rings. The first-order valence-corrected chi connectivity index (χ1v) is 13.3. The van der Waals surface area contributed by atoms with Crippen molar-refractivity contribution >= 4 is 23.2 Å². The zero-order chi connectivity index (χ0) is 26.4. The average Bonchev–Trinajstić information content (AvgIpc) is 2.92. The molecule has 0 aliphatic carbocycles. The van der Waals surface area contributed by atoms with Crippen LogP contribution in [0.5, 0.6) is 0 Å². The number of hydrogen-bond acceptors (Lipinski definition) is 4. The number of anilines is 2. The molecule has 6 nitrogen and oxygen atoms in total. The Morgan fingerprint density at radius 1 is 0.865 bits per heavy atom. The van der Waals surface area contributed by atoms with E-state index in [9.17, 15) is 9.59 Å². The Labute approximate surface area is 220 Å². The van der Waals surface area contributed by atoms with Crippen molar-refractivity contribution in [1.29, 1.82) is 0 Å². The van der Waals surface area contributed by atoms with Gasteiger partial charge >= 0.3 is 0 Å². The van der Waals surface area contributed by atoms with E-state index in [0.29, 0.717) is 24.2 Å². The van der Waals surface area contributed by atoms with Crippen LogP contribution in [0.25, 0.3) is 0 Å². The van der Waals surface area contributed by atoms with Gasteiger partial charge in [-0.1, -0.05) is 35.9 Å². The van der Waals surface area contributed by atoms with Gasteiger partial charge in [-0.05, 0) is 81.6 Å². The quantitative estimate of drug-likeness (QED) is 0.430. The molecular weight excluding hydrogens is 460 g/mol. The Hall–Kier alpha value is -3.64. The van der Waals surface area contributed by atoms with Crippen LogP contribution in [0.3, 0.4) is 0 Å². The molecule has 0 bridgehead atoms. The molecule has 1 fully saturated rings. The SMILES string of the molecule is CCN(CC)C(=O)c1ccc(N(c2cccc(C(N)=O)c2)C2CCN(Cc3ccc(C)cc3)CC2)cc1. The zero-order valence-corrected chi connectivity index (χ0v) is 22.2. The summed E-state index contributed by atoms with van der Waals surface area (Å²) in [7, 11) is 0. The molecule has 0 aromatic heterocycles. The Bertz CT molecular complexity index is 1190. The standard InChI is InChI=1S/C31H38N4O2/c1-4-34(5-2)31(37)25-13-15-27(16-14-25)35(29-8-6-7-26(21-29)30(32)36)28-17-19-33(20-18-28)22-24-11-9-23(3)10-12-24/h6-16,21,28H,4-5,17-20,22H2,1-3H3,(H2,32,36). The number of likely N-dealkylation sites (tertiary alicyclic amines) is 1. The molecule has 0 radical (unpaired) electrons. The van der Waals surface area contributed by atoms with Gasteiger partial charge in [0.15, 0.2) is 0 Å². The summed E-state index contributed by atoms with van der Waals surface area (Å²) in [5.41, 5.74) is 11.3. The van der Waals surface area contributed by atoms with Crippen LogP contribution in [-0.2, 0) is 6.54 Å². The van der Waals surface area contributed by atoms with E-state index in [1.165, 1.54) is 11.1 Å². The number of rotatable bonds is 9. The van der Waals surface area contributed by atoms with E-state index in [-0.39, 0.29) is 11.9 Å². The topological polar surface area (TPSA) is 69.9 Å². The predicted octanol–water partition coefficient (Wildman–Crippen LogP) is 5.38. The second-order valence-electron chi connectivity index (χ2n) is 9.80. The molecule has 0 atom stereocenters. The van der Waals surface area contributed by atoms with Gasteiger partial charge in [0.1, 0.15) is 0 Å². The molecule has 4 rings (SSSR count). The second-order valence-corrected chi connectivity index (χ2v) is 9.80. The number of nitrogens with two attached hydrogens (primary N) is 1. The number of amides is 2. The van der Waals surface area contributed by atoms with Gasteiger partial charge in [0.2, 0.25) is 5.91 Å². The maximum absolute atomic E-state index is 12.8. The minimum absolute atomic E-state index is 0.0447. The molecule has 3 aromatic rings. The maximum atomic E-state index is 12.8. The molecule has 0 spiro atoms. The summed E-state index contributed by atoms with van der Waals surface area (Å²) in [6.07, 6.45) is 1.99. The highest BCUT2D eigenvalue weighted by Gasteiger charge is 2.27. The van der Waals surface area contributed by atoms with Crippen molar-refractivity contribution in [1.82, 2.24) is 9.80 Å². The van der Waals surface area contributed by atoms with Crippen LogP contribution in [-0.4, -0.2) is 53.8 Å². The molecular formula is C31H38N4O2. The molecule has 1 saturated heterocycles. The van der Waals surface area contributed by atoms with Gasteiger partial charge in [0.05, 0.1) is 0 Å². The Balaban J connectivity index is 1.56. The molecule has 37 heavy (non-hydrogen) atoms. The third-order valence-electron chi connectivity index (χ3n) is 7.30. The van der Waals surface area contributed by atoms with Crippen LogP contribution in [0.4, 0.5) is 11.4 Å². The van der Waals surface area contributed by atoms with Crippen molar-refractivity contribution in [3.63, 3.8) is 0 Å². The number of primary amides is 1. The third-order valence-corrected chi connectivity index (χ3v) is 7.30. The summed E-state index contributed by atoms with van der Waals surface area (Å²) in [5, 5.41) is 0. The number of piperidine rings is 1. The number of aryl methyl sites for hydroxylation is 1. The van der Waals surface area contributed by atoms with Crippen LogP contribution in [0, 0.1) is 6.92 Å². The van der Waals surface area contributed by atoms with E-state index < -0.39 is 5.91 Å². The lowest BCUT2D eigenvalue weighted by atomic mass is 9.99. The number of nitrogens with zero attached hydrogens (tertiary/aromatic N) is 3. The summed E-state index contributed by atoms with van der Waals surface area (Å²) in [6.45, 7) is 10.4. The van der Waals surface area contributed by atoms with E-state index in [1.807, 2.05) is 61.2 Å². The van der Waals surface area contributed by atoms with Gasteiger partial charge in [0, 0.05) is 61.3 Å². The summed E-state index contributed by atoms with van der Waals surface area (Å²) >= 11 is 0. The van der Waals surface area contributed by atoms with E-state index in [0.717, 1.165) is 43.9 Å².